The standard InChI is InChI=1S/C26H22ClFN2O2/c1-16-11-17(2)23-13-20(25(31)29-24(23)12-16)15-30(14-18-3-7-21(27)8-4-18)26(32)19-5-9-22(28)10-6-19/h3-13H,14-15H2,1-2H3,(H,29,31). The van der Waals surface area contributed by atoms with Crippen molar-refractivity contribution >= 4 is 28.4 Å². The van der Waals surface area contributed by atoms with Crippen LogP contribution in [0.5, 0.6) is 0 Å². The van der Waals surface area contributed by atoms with Crippen LogP contribution in [0.4, 0.5) is 4.39 Å². The Balaban J connectivity index is 1.73. The zero-order valence-corrected chi connectivity index (χ0v) is 18.5. The lowest BCUT2D eigenvalue weighted by Crippen LogP contribution is -2.32. The number of halogens is 2. The van der Waals surface area contributed by atoms with E-state index in [9.17, 15) is 14.0 Å². The fourth-order valence-corrected chi connectivity index (χ4v) is 3.95. The van der Waals surface area contributed by atoms with Crippen molar-refractivity contribution in [2.45, 2.75) is 26.9 Å². The number of aryl methyl sites for hydroxylation is 2. The molecule has 1 heterocycles. The van der Waals surface area contributed by atoms with Gasteiger partial charge in [-0.15, -0.1) is 0 Å². The summed E-state index contributed by atoms with van der Waals surface area (Å²) < 4.78 is 13.4. The Kier molecular flexibility index (Phi) is 6.10. The Labute approximate surface area is 190 Å². The van der Waals surface area contributed by atoms with E-state index in [0.717, 1.165) is 27.6 Å². The van der Waals surface area contributed by atoms with Gasteiger partial charge < -0.3 is 9.88 Å². The molecule has 6 heteroatoms. The number of nitrogens with one attached hydrogen (secondary N) is 1. The van der Waals surface area contributed by atoms with Gasteiger partial charge in [-0.25, -0.2) is 4.39 Å². The second-order valence-corrected chi connectivity index (χ2v) is 8.40. The van der Waals surface area contributed by atoms with Crippen molar-refractivity contribution in [3.8, 4) is 0 Å². The van der Waals surface area contributed by atoms with Crippen LogP contribution in [0.25, 0.3) is 10.9 Å². The Hall–Kier alpha value is -3.44. The molecule has 0 saturated heterocycles. The van der Waals surface area contributed by atoms with E-state index in [1.807, 2.05) is 38.1 Å². The van der Waals surface area contributed by atoms with Crippen LogP contribution in [-0.2, 0) is 13.1 Å². The molecule has 1 aromatic heterocycles. The minimum atomic E-state index is -0.414. The number of pyridine rings is 1. The van der Waals surface area contributed by atoms with Gasteiger partial charge in [0.15, 0.2) is 0 Å². The molecule has 0 fully saturated rings. The molecule has 3 aromatic carbocycles. The second-order valence-electron chi connectivity index (χ2n) is 7.96. The number of aromatic amines is 1. The Morgan fingerprint density at radius 1 is 0.969 bits per heavy atom. The average Bonchev–Trinajstić information content (AvgIpc) is 2.75. The summed E-state index contributed by atoms with van der Waals surface area (Å²) in [6.45, 7) is 4.36. The molecule has 162 valence electrons. The summed E-state index contributed by atoms with van der Waals surface area (Å²) in [6.07, 6.45) is 0. The highest BCUT2D eigenvalue weighted by atomic mass is 35.5. The molecule has 0 spiro atoms. The number of amides is 1. The van der Waals surface area contributed by atoms with Crippen LogP contribution in [-0.4, -0.2) is 15.8 Å². The normalized spacial score (nSPS) is 11.0. The lowest BCUT2D eigenvalue weighted by Gasteiger charge is -2.23. The van der Waals surface area contributed by atoms with Crippen LogP contribution in [0.2, 0.25) is 5.02 Å². The van der Waals surface area contributed by atoms with E-state index < -0.39 is 5.82 Å². The van der Waals surface area contributed by atoms with Crippen LogP contribution < -0.4 is 5.56 Å². The van der Waals surface area contributed by atoms with Gasteiger partial charge in [-0.05, 0) is 79.1 Å². The van der Waals surface area contributed by atoms with Gasteiger partial charge in [0.05, 0.1) is 6.54 Å². The molecule has 0 aliphatic rings. The van der Waals surface area contributed by atoms with E-state index in [1.165, 1.54) is 24.3 Å². The smallest absolute Gasteiger partial charge is 0.254 e. The van der Waals surface area contributed by atoms with Gasteiger partial charge in [0.2, 0.25) is 0 Å². The van der Waals surface area contributed by atoms with E-state index in [4.69, 9.17) is 11.6 Å². The summed E-state index contributed by atoms with van der Waals surface area (Å²) in [4.78, 5) is 30.6. The van der Waals surface area contributed by atoms with Crippen molar-refractivity contribution < 1.29 is 9.18 Å². The first-order valence-corrected chi connectivity index (χ1v) is 10.6. The highest BCUT2D eigenvalue weighted by Gasteiger charge is 2.19. The predicted molar refractivity (Wildman–Crippen MR) is 125 cm³/mol. The first-order valence-electron chi connectivity index (χ1n) is 10.2. The number of fused-ring (bicyclic) bond motifs is 1. The average molecular weight is 449 g/mol. The summed E-state index contributed by atoms with van der Waals surface area (Å²) in [7, 11) is 0. The van der Waals surface area contributed by atoms with Crippen LogP contribution in [0, 0.1) is 19.7 Å². The molecule has 0 aliphatic heterocycles. The third-order valence-electron chi connectivity index (χ3n) is 5.42. The maximum atomic E-state index is 13.4. The fourth-order valence-electron chi connectivity index (χ4n) is 3.82. The van der Waals surface area contributed by atoms with Crippen LogP contribution in [0.1, 0.15) is 32.6 Å². The molecule has 32 heavy (non-hydrogen) atoms. The number of benzene rings is 3. The summed E-state index contributed by atoms with van der Waals surface area (Å²) in [5.74, 6) is -0.706. The van der Waals surface area contributed by atoms with Crippen molar-refractivity contribution in [1.29, 1.82) is 0 Å². The largest absolute Gasteiger partial charge is 0.330 e. The Morgan fingerprint density at radius 2 is 1.66 bits per heavy atom. The third kappa shape index (κ3) is 4.73. The van der Waals surface area contributed by atoms with Crippen molar-refractivity contribution in [3.05, 3.63) is 116 Å². The summed E-state index contributed by atoms with van der Waals surface area (Å²) in [6, 6.07) is 18.4. The zero-order valence-electron chi connectivity index (χ0n) is 17.8. The zero-order chi connectivity index (χ0) is 22.8. The molecule has 0 atom stereocenters. The second kappa shape index (κ2) is 8.97. The van der Waals surface area contributed by atoms with Crippen LogP contribution in [0.15, 0.2) is 71.5 Å². The molecular formula is C26H22ClFN2O2. The number of rotatable bonds is 5. The minimum absolute atomic E-state index is 0.109. The molecule has 0 aliphatic carbocycles. The number of carbonyl (C=O) groups is 1. The maximum Gasteiger partial charge on any atom is 0.254 e. The van der Waals surface area contributed by atoms with Gasteiger partial charge in [0.1, 0.15) is 5.82 Å². The highest BCUT2D eigenvalue weighted by molar-refractivity contribution is 6.30. The van der Waals surface area contributed by atoms with Crippen LogP contribution in [0.3, 0.4) is 0 Å². The number of H-pyrrole nitrogens is 1. The third-order valence-corrected chi connectivity index (χ3v) is 5.67. The van der Waals surface area contributed by atoms with Crippen molar-refractivity contribution in [1.82, 2.24) is 9.88 Å². The number of hydrogen-bond acceptors (Lipinski definition) is 2. The summed E-state index contributed by atoms with van der Waals surface area (Å²) >= 11 is 5.99. The molecule has 0 radical (unpaired) electrons. The first-order chi connectivity index (χ1) is 15.3. The SMILES string of the molecule is Cc1cc(C)c2cc(CN(Cc3ccc(Cl)cc3)C(=O)c3ccc(F)cc3)c(=O)[nH]c2c1. The quantitative estimate of drug-likeness (QED) is 0.420. The van der Waals surface area contributed by atoms with Gasteiger partial charge in [0.25, 0.3) is 11.5 Å². The first kappa shape index (κ1) is 21.8. The van der Waals surface area contributed by atoms with E-state index in [2.05, 4.69) is 11.1 Å². The lowest BCUT2D eigenvalue weighted by molar-refractivity contribution is 0.0729. The van der Waals surface area contributed by atoms with Gasteiger partial charge in [-0.2, -0.15) is 0 Å². The maximum absolute atomic E-state index is 13.4. The van der Waals surface area contributed by atoms with Crippen molar-refractivity contribution in [2.75, 3.05) is 0 Å². The van der Waals surface area contributed by atoms with E-state index in [-0.39, 0.29) is 24.6 Å². The molecule has 1 N–H and O–H groups in total. The van der Waals surface area contributed by atoms with Crippen molar-refractivity contribution in [3.63, 3.8) is 0 Å². The van der Waals surface area contributed by atoms with Crippen LogP contribution >= 0.6 is 11.6 Å². The van der Waals surface area contributed by atoms with Gasteiger partial charge >= 0.3 is 0 Å². The van der Waals surface area contributed by atoms with Gasteiger partial charge in [-0.3, -0.25) is 9.59 Å². The summed E-state index contributed by atoms with van der Waals surface area (Å²) in [5.41, 5.74) is 4.34. The fraction of sp³-hybridized carbons (Fsp3) is 0.154. The molecule has 0 saturated carbocycles. The predicted octanol–water partition coefficient (Wildman–Crippen LogP) is 5.78. The number of aromatic nitrogens is 1. The van der Waals surface area contributed by atoms with Gasteiger partial charge in [-0.1, -0.05) is 29.8 Å². The Morgan fingerprint density at radius 3 is 2.34 bits per heavy atom. The Bertz CT molecular complexity index is 1350. The molecular weight excluding hydrogens is 427 g/mol. The van der Waals surface area contributed by atoms with E-state index >= 15 is 0 Å². The summed E-state index contributed by atoms with van der Waals surface area (Å²) in [5, 5.41) is 1.53. The topological polar surface area (TPSA) is 53.2 Å². The van der Waals surface area contributed by atoms with Crippen molar-refractivity contribution in [2.24, 2.45) is 0 Å². The molecule has 4 nitrogen and oxygen atoms in total. The number of nitrogens with zero attached hydrogens (tertiary/aromatic N) is 1. The monoisotopic (exact) mass is 448 g/mol. The number of hydrogen-bond donors (Lipinski definition) is 1. The highest BCUT2D eigenvalue weighted by Crippen LogP contribution is 2.21. The van der Waals surface area contributed by atoms with Gasteiger partial charge in [0, 0.05) is 33.6 Å². The minimum Gasteiger partial charge on any atom is -0.330 e. The van der Waals surface area contributed by atoms with E-state index in [1.54, 1.807) is 17.0 Å². The molecule has 4 rings (SSSR count). The van der Waals surface area contributed by atoms with E-state index in [0.29, 0.717) is 16.1 Å². The molecule has 0 bridgehead atoms. The number of carbonyl (C=O) groups excluding carboxylic acids is 1. The molecule has 1 amide bonds. The molecule has 4 aromatic rings. The lowest BCUT2D eigenvalue weighted by atomic mass is 10.0. The molecule has 0 unspecified atom stereocenters.